The molecule has 2 rings (SSSR count). The van der Waals surface area contributed by atoms with Crippen LogP contribution in [0.1, 0.15) is 33.2 Å². The maximum absolute atomic E-state index is 14.6. The largest absolute Gasteiger partial charge is 0.497 e. The van der Waals surface area contributed by atoms with E-state index < -0.39 is 17.6 Å². The van der Waals surface area contributed by atoms with Gasteiger partial charge in [0.05, 0.1) is 23.9 Å². The summed E-state index contributed by atoms with van der Waals surface area (Å²) < 4.78 is 19.7. The molecule has 31 heavy (non-hydrogen) atoms. The van der Waals surface area contributed by atoms with E-state index in [4.69, 9.17) is 10.1 Å². The number of nitrogens with one attached hydrogen (secondary N) is 3. The van der Waals surface area contributed by atoms with Crippen LogP contribution in [-0.4, -0.2) is 43.8 Å². The van der Waals surface area contributed by atoms with Crippen LogP contribution in [0.25, 0.3) is 0 Å². The molecule has 0 radical (unpaired) electrons. The van der Waals surface area contributed by atoms with Crippen molar-refractivity contribution in [3.05, 3.63) is 83.3 Å². The normalized spacial score (nSPS) is 10.5. The summed E-state index contributed by atoms with van der Waals surface area (Å²) in [5, 5.41) is 13.1. The second-order valence-corrected chi connectivity index (χ2v) is 6.78. The van der Waals surface area contributed by atoms with E-state index in [-0.39, 0.29) is 22.6 Å². The zero-order valence-corrected chi connectivity index (χ0v) is 17.9. The molecule has 0 spiro atoms. The highest BCUT2D eigenvalue weighted by atomic mass is 19.1. The molecule has 0 atom stereocenters. The Kier molecular flexibility index (Phi) is 7.68. The summed E-state index contributed by atoms with van der Waals surface area (Å²) in [6.07, 6.45) is 3.35. The number of carbonyl (C=O) groups is 2. The molecule has 0 aliphatic carbocycles. The van der Waals surface area contributed by atoms with Gasteiger partial charge in [-0.15, -0.1) is 0 Å². The van der Waals surface area contributed by atoms with Gasteiger partial charge in [0.1, 0.15) is 17.4 Å². The van der Waals surface area contributed by atoms with Crippen molar-refractivity contribution in [2.75, 3.05) is 26.5 Å². The number of hydrogen-bond donors (Lipinski definition) is 3. The second kappa shape index (κ2) is 10.2. The highest BCUT2D eigenvalue weighted by Crippen LogP contribution is 2.24. The minimum atomic E-state index is -0.775. The molecule has 162 valence electrons. The van der Waals surface area contributed by atoms with E-state index in [1.165, 1.54) is 36.3 Å². The molecular formula is C23H25FN4O3. The van der Waals surface area contributed by atoms with E-state index in [0.29, 0.717) is 17.0 Å². The molecule has 0 unspecified atom stereocenters. The quantitative estimate of drug-likeness (QED) is 0.358. The van der Waals surface area contributed by atoms with Gasteiger partial charge in [-0.25, -0.2) is 4.39 Å². The van der Waals surface area contributed by atoms with Gasteiger partial charge >= 0.3 is 0 Å². The van der Waals surface area contributed by atoms with Crippen LogP contribution in [0.5, 0.6) is 5.75 Å². The van der Waals surface area contributed by atoms with Crippen molar-refractivity contribution < 1.29 is 18.7 Å². The van der Waals surface area contributed by atoms with Gasteiger partial charge in [-0.3, -0.25) is 15.0 Å². The first kappa shape index (κ1) is 23.3. The summed E-state index contributed by atoms with van der Waals surface area (Å²) in [5.41, 5.74) is 0.810. The van der Waals surface area contributed by atoms with E-state index in [2.05, 4.69) is 17.2 Å². The lowest BCUT2D eigenvalue weighted by molar-refractivity contribution is 0.0968. The number of halogens is 1. The lowest BCUT2D eigenvalue weighted by atomic mass is 10.1. The molecular weight excluding hydrogens is 399 g/mol. The van der Waals surface area contributed by atoms with Crippen molar-refractivity contribution in [1.82, 2.24) is 10.2 Å². The summed E-state index contributed by atoms with van der Waals surface area (Å²) in [5.74, 6) is -1.49. The number of ether oxygens (including phenoxy) is 1. The topological polar surface area (TPSA) is 94.5 Å². The Labute approximate surface area is 180 Å². The number of anilines is 1. The fourth-order valence-electron chi connectivity index (χ4n) is 2.70. The van der Waals surface area contributed by atoms with Crippen LogP contribution in [0, 0.1) is 11.2 Å². The number of hydrogen-bond acceptors (Lipinski definition) is 4. The molecule has 0 aliphatic heterocycles. The van der Waals surface area contributed by atoms with Crippen LogP contribution in [0.2, 0.25) is 0 Å². The van der Waals surface area contributed by atoms with Crippen LogP contribution in [0.4, 0.5) is 10.1 Å². The molecule has 2 aromatic carbocycles. The van der Waals surface area contributed by atoms with Crippen molar-refractivity contribution in [2.45, 2.75) is 6.92 Å². The van der Waals surface area contributed by atoms with E-state index in [1.54, 1.807) is 39.2 Å². The molecule has 2 amide bonds. The lowest BCUT2D eigenvalue weighted by Crippen LogP contribution is -2.24. The average Bonchev–Trinajstić information content (AvgIpc) is 2.73. The lowest BCUT2D eigenvalue weighted by Gasteiger charge is -2.15. The van der Waals surface area contributed by atoms with Gasteiger partial charge in [0.25, 0.3) is 11.8 Å². The van der Waals surface area contributed by atoms with Gasteiger partial charge < -0.3 is 20.3 Å². The maximum Gasteiger partial charge on any atom is 0.258 e. The van der Waals surface area contributed by atoms with E-state index in [9.17, 15) is 14.0 Å². The van der Waals surface area contributed by atoms with Gasteiger partial charge in [0, 0.05) is 25.4 Å². The summed E-state index contributed by atoms with van der Waals surface area (Å²) in [6.45, 7) is 5.52. The van der Waals surface area contributed by atoms with Crippen LogP contribution >= 0.6 is 0 Å². The fourth-order valence-corrected chi connectivity index (χ4v) is 2.70. The van der Waals surface area contributed by atoms with Gasteiger partial charge in [-0.1, -0.05) is 18.7 Å². The van der Waals surface area contributed by atoms with E-state index in [1.807, 2.05) is 0 Å². The Morgan fingerprint density at radius 1 is 1.13 bits per heavy atom. The molecule has 8 heteroatoms. The fraction of sp³-hybridized carbons (Fsp3) is 0.174. The standard InChI is InChI=1S/C23H25FN4O3/c1-6-7-14(2)26-23(30)18-13-16(31-5)9-11-20(18)27-22(29)17-10-8-15(12-19(17)24)21(25)28(3)4/h6-13,25H,2H2,1,3-5H3,(H,26,30)(H,27,29)/b7-6-,25-21?. The Morgan fingerprint density at radius 3 is 2.42 bits per heavy atom. The zero-order chi connectivity index (χ0) is 23.1. The molecule has 0 saturated heterocycles. The summed E-state index contributed by atoms with van der Waals surface area (Å²) in [6, 6.07) is 8.45. The smallest absolute Gasteiger partial charge is 0.258 e. The molecule has 3 N–H and O–H groups in total. The summed E-state index contributed by atoms with van der Waals surface area (Å²) >= 11 is 0. The summed E-state index contributed by atoms with van der Waals surface area (Å²) in [4.78, 5) is 26.9. The Morgan fingerprint density at radius 2 is 1.84 bits per heavy atom. The molecule has 0 aliphatic rings. The minimum Gasteiger partial charge on any atom is -0.497 e. The van der Waals surface area contributed by atoms with Crippen LogP contribution in [-0.2, 0) is 0 Å². The number of nitrogens with zero attached hydrogens (tertiary/aromatic N) is 1. The number of amides is 2. The van der Waals surface area contributed by atoms with Gasteiger partial charge in [0.2, 0.25) is 0 Å². The zero-order valence-electron chi connectivity index (χ0n) is 17.9. The first-order chi connectivity index (χ1) is 14.7. The van der Waals surface area contributed by atoms with Crippen LogP contribution < -0.4 is 15.4 Å². The Balaban J connectivity index is 2.33. The van der Waals surface area contributed by atoms with Gasteiger partial charge in [-0.2, -0.15) is 0 Å². The predicted molar refractivity (Wildman–Crippen MR) is 119 cm³/mol. The number of methoxy groups -OCH3 is 1. The van der Waals surface area contributed by atoms with Crippen molar-refractivity contribution in [2.24, 2.45) is 0 Å². The average molecular weight is 424 g/mol. The second-order valence-electron chi connectivity index (χ2n) is 6.78. The van der Waals surface area contributed by atoms with Gasteiger partial charge in [0.15, 0.2) is 0 Å². The first-order valence-electron chi connectivity index (χ1n) is 9.36. The van der Waals surface area contributed by atoms with Crippen molar-refractivity contribution in [1.29, 1.82) is 5.41 Å². The van der Waals surface area contributed by atoms with Crippen molar-refractivity contribution in [3.8, 4) is 5.75 Å². The number of carbonyl (C=O) groups excluding carboxylic acids is 2. The first-order valence-corrected chi connectivity index (χ1v) is 9.36. The number of amidine groups is 1. The molecule has 0 fully saturated rings. The summed E-state index contributed by atoms with van der Waals surface area (Å²) in [7, 11) is 4.79. The number of allylic oxidation sites excluding steroid dienone is 2. The van der Waals surface area contributed by atoms with E-state index in [0.717, 1.165) is 6.07 Å². The predicted octanol–water partition coefficient (Wildman–Crippen LogP) is 3.79. The number of benzene rings is 2. The Bertz CT molecular complexity index is 1060. The van der Waals surface area contributed by atoms with Crippen molar-refractivity contribution >= 4 is 23.3 Å². The van der Waals surface area contributed by atoms with Crippen molar-refractivity contribution in [3.63, 3.8) is 0 Å². The Hall–Kier alpha value is -3.94. The SMILES string of the molecule is C=C(/C=C\C)NC(=O)c1cc(OC)ccc1NC(=O)c1ccc(C(=N)N(C)C)cc1F. The van der Waals surface area contributed by atoms with Crippen LogP contribution in [0.3, 0.4) is 0 Å². The molecule has 7 nitrogen and oxygen atoms in total. The molecule has 0 heterocycles. The molecule has 2 aromatic rings. The third kappa shape index (κ3) is 5.79. The molecule has 0 aromatic heterocycles. The third-order valence-corrected chi connectivity index (χ3v) is 4.30. The molecule has 0 saturated carbocycles. The highest BCUT2D eigenvalue weighted by Gasteiger charge is 2.19. The highest BCUT2D eigenvalue weighted by molar-refractivity contribution is 6.10. The monoisotopic (exact) mass is 424 g/mol. The van der Waals surface area contributed by atoms with Gasteiger partial charge in [-0.05, 0) is 43.3 Å². The maximum atomic E-state index is 14.6. The van der Waals surface area contributed by atoms with E-state index >= 15 is 0 Å². The van der Waals surface area contributed by atoms with Crippen LogP contribution in [0.15, 0.2) is 60.8 Å². The third-order valence-electron chi connectivity index (χ3n) is 4.30. The minimum absolute atomic E-state index is 0.112. The number of rotatable bonds is 7. The molecule has 0 bridgehead atoms.